The summed E-state index contributed by atoms with van der Waals surface area (Å²) in [7, 11) is 0. The molecule has 0 aromatic heterocycles. The Balaban J connectivity index is 1.84. The van der Waals surface area contributed by atoms with Crippen molar-refractivity contribution >= 4 is 0 Å². The second-order valence-electron chi connectivity index (χ2n) is 5.85. The molecule has 1 heteroatoms. The van der Waals surface area contributed by atoms with Crippen LogP contribution in [0.1, 0.15) is 55.3 Å². The summed E-state index contributed by atoms with van der Waals surface area (Å²) in [5.74, 6) is 0. The van der Waals surface area contributed by atoms with Gasteiger partial charge in [0.2, 0.25) is 0 Å². The van der Waals surface area contributed by atoms with E-state index >= 15 is 0 Å². The van der Waals surface area contributed by atoms with Crippen LogP contribution in [0.2, 0.25) is 0 Å². The van der Waals surface area contributed by atoms with E-state index < -0.39 is 0 Å². The average Bonchev–Trinajstić information content (AvgIpc) is 2.85. The first-order valence-corrected chi connectivity index (χ1v) is 7.76. The van der Waals surface area contributed by atoms with Gasteiger partial charge in [0, 0.05) is 6.04 Å². The lowest BCUT2D eigenvalue weighted by molar-refractivity contribution is 0.581. The van der Waals surface area contributed by atoms with Crippen LogP contribution < -0.4 is 5.73 Å². The molecule has 104 valence electrons. The molecular formula is C19H23N. The largest absolute Gasteiger partial charge is 0.324 e. The van der Waals surface area contributed by atoms with Crippen LogP contribution in [-0.4, -0.2) is 0 Å². The van der Waals surface area contributed by atoms with Crippen LogP contribution >= 0.6 is 0 Å². The fourth-order valence-electron chi connectivity index (χ4n) is 3.15. The lowest BCUT2D eigenvalue weighted by Gasteiger charge is -2.13. The Labute approximate surface area is 121 Å². The van der Waals surface area contributed by atoms with E-state index in [-0.39, 0.29) is 6.04 Å². The van der Waals surface area contributed by atoms with Crippen molar-refractivity contribution in [3.8, 4) is 11.1 Å². The zero-order chi connectivity index (χ0) is 13.9. The summed E-state index contributed by atoms with van der Waals surface area (Å²) in [4.78, 5) is 0. The van der Waals surface area contributed by atoms with Crippen molar-refractivity contribution < 1.29 is 0 Å². The van der Waals surface area contributed by atoms with Crippen molar-refractivity contribution in [2.24, 2.45) is 5.73 Å². The molecule has 20 heavy (non-hydrogen) atoms. The molecule has 1 nitrogen and oxygen atoms in total. The Morgan fingerprint density at radius 3 is 2.65 bits per heavy atom. The molecule has 0 spiro atoms. The van der Waals surface area contributed by atoms with Gasteiger partial charge in [-0.1, -0.05) is 62.6 Å². The number of hydrogen-bond donors (Lipinski definition) is 1. The summed E-state index contributed by atoms with van der Waals surface area (Å²) < 4.78 is 0. The van der Waals surface area contributed by atoms with Crippen molar-refractivity contribution in [2.75, 3.05) is 0 Å². The molecule has 2 aromatic carbocycles. The van der Waals surface area contributed by atoms with Crippen LogP contribution in [0.5, 0.6) is 0 Å². The Morgan fingerprint density at radius 1 is 1.00 bits per heavy atom. The molecule has 0 heterocycles. The maximum atomic E-state index is 6.35. The van der Waals surface area contributed by atoms with E-state index in [1.165, 1.54) is 47.1 Å². The first kappa shape index (κ1) is 13.4. The zero-order valence-corrected chi connectivity index (χ0v) is 12.2. The smallest absolute Gasteiger partial charge is 0.0295 e. The van der Waals surface area contributed by atoms with E-state index in [1.54, 1.807) is 0 Å². The predicted octanol–water partition coefficient (Wildman–Crippen LogP) is 4.84. The van der Waals surface area contributed by atoms with Gasteiger partial charge in [-0.15, -0.1) is 0 Å². The highest BCUT2D eigenvalue weighted by Crippen LogP contribution is 2.37. The summed E-state index contributed by atoms with van der Waals surface area (Å²) >= 11 is 0. The molecule has 0 bridgehead atoms. The van der Waals surface area contributed by atoms with E-state index in [1.807, 2.05) is 0 Å². The highest BCUT2D eigenvalue weighted by atomic mass is 14.6. The molecule has 0 fully saturated rings. The molecule has 2 N–H and O–H groups in total. The van der Waals surface area contributed by atoms with E-state index in [9.17, 15) is 0 Å². The lowest BCUT2D eigenvalue weighted by Crippen LogP contribution is -2.10. The molecule has 1 aliphatic rings. The van der Waals surface area contributed by atoms with Crippen molar-refractivity contribution in [1.29, 1.82) is 0 Å². The summed E-state index contributed by atoms with van der Waals surface area (Å²) in [5, 5.41) is 0. The topological polar surface area (TPSA) is 26.0 Å². The first-order chi connectivity index (χ1) is 9.79. The molecule has 1 unspecified atom stereocenters. The highest BCUT2D eigenvalue weighted by molar-refractivity contribution is 5.77. The third-order valence-corrected chi connectivity index (χ3v) is 4.37. The Kier molecular flexibility index (Phi) is 3.88. The molecule has 0 saturated heterocycles. The van der Waals surface area contributed by atoms with Crippen molar-refractivity contribution in [2.45, 2.75) is 45.1 Å². The Hall–Kier alpha value is -1.60. The number of rotatable bonds is 5. The highest BCUT2D eigenvalue weighted by Gasteiger charge is 2.19. The molecule has 0 aliphatic heterocycles. The number of benzene rings is 2. The van der Waals surface area contributed by atoms with E-state index in [2.05, 4.69) is 49.4 Å². The minimum atomic E-state index is 0.180. The molecule has 0 amide bonds. The van der Waals surface area contributed by atoms with Crippen LogP contribution in [-0.2, 0) is 6.42 Å². The molecular weight excluding hydrogens is 242 g/mol. The number of hydrogen-bond acceptors (Lipinski definition) is 1. The Morgan fingerprint density at radius 2 is 1.80 bits per heavy atom. The molecule has 1 aliphatic carbocycles. The second kappa shape index (κ2) is 5.80. The molecule has 0 saturated carbocycles. The standard InChI is InChI=1S/C19H23N/c1-2-3-4-9-19(20)16-11-10-15-12-14-7-5-6-8-17(14)18(15)13-16/h5-8,10-11,13,19H,2-4,9,12,20H2,1H3. The minimum Gasteiger partial charge on any atom is -0.324 e. The van der Waals surface area contributed by atoms with Gasteiger partial charge in [-0.25, -0.2) is 0 Å². The lowest BCUT2D eigenvalue weighted by atomic mass is 9.96. The van der Waals surface area contributed by atoms with Crippen LogP contribution in [0.3, 0.4) is 0 Å². The summed E-state index contributed by atoms with van der Waals surface area (Å²) in [6, 6.07) is 15.7. The van der Waals surface area contributed by atoms with Gasteiger partial charge in [0.1, 0.15) is 0 Å². The normalized spacial score (nSPS) is 13.9. The van der Waals surface area contributed by atoms with Crippen LogP contribution in [0.15, 0.2) is 42.5 Å². The zero-order valence-electron chi connectivity index (χ0n) is 12.2. The summed E-state index contributed by atoms with van der Waals surface area (Å²) in [5.41, 5.74) is 13.3. The molecule has 1 atom stereocenters. The number of fused-ring (bicyclic) bond motifs is 3. The monoisotopic (exact) mass is 265 g/mol. The van der Waals surface area contributed by atoms with Crippen molar-refractivity contribution in [3.05, 3.63) is 59.2 Å². The Bertz CT molecular complexity index is 600. The van der Waals surface area contributed by atoms with E-state index in [0.717, 1.165) is 12.8 Å². The van der Waals surface area contributed by atoms with E-state index in [4.69, 9.17) is 5.73 Å². The van der Waals surface area contributed by atoms with Gasteiger partial charge >= 0.3 is 0 Å². The summed E-state index contributed by atoms with van der Waals surface area (Å²) in [6.45, 7) is 2.23. The molecule has 3 rings (SSSR count). The SMILES string of the molecule is CCCCCC(N)c1ccc2c(c1)-c1ccccc1C2. The first-order valence-electron chi connectivity index (χ1n) is 7.76. The van der Waals surface area contributed by atoms with Crippen molar-refractivity contribution in [1.82, 2.24) is 0 Å². The van der Waals surface area contributed by atoms with Gasteiger partial charge in [-0.2, -0.15) is 0 Å². The third-order valence-electron chi connectivity index (χ3n) is 4.37. The maximum Gasteiger partial charge on any atom is 0.0295 e. The number of unbranched alkanes of at least 4 members (excludes halogenated alkanes) is 2. The van der Waals surface area contributed by atoms with Gasteiger partial charge < -0.3 is 5.73 Å². The molecule has 0 radical (unpaired) electrons. The van der Waals surface area contributed by atoms with Gasteiger partial charge in [0.05, 0.1) is 0 Å². The van der Waals surface area contributed by atoms with Crippen LogP contribution in [0.25, 0.3) is 11.1 Å². The van der Waals surface area contributed by atoms with Crippen LogP contribution in [0, 0.1) is 0 Å². The quantitative estimate of drug-likeness (QED) is 0.656. The van der Waals surface area contributed by atoms with Crippen LogP contribution in [0.4, 0.5) is 0 Å². The van der Waals surface area contributed by atoms with Gasteiger partial charge in [0.25, 0.3) is 0 Å². The third kappa shape index (κ3) is 2.51. The predicted molar refractivity (Wildman–Crippen MR) is 85.8 cm³/mol. The summed E-state index contributed by atoms with van der Waals surface area (Å²) in [6.07, 6.45) is 5.92. The van der Waals surface area contributed by atoms with Crippen molar-refractivity contribution in [3.63, 3.8) is 0 Å². The fourth-order valence-corrected chi connectivity index (χ4v) is 3.15. The van der Waals surface area contributed by atoms with Gasteiger partial charge in [0.15, 0.2) is 0 Å². The number of nitrogens with two attached hydrogens (primary N) is 1. The van der Waals surface area contributed by atoms with Gasteiger partial charge in [-0.05, 0) is 46.7 Å². The van der Waals surface area contributed by atoms with Gasteiger partial charge in [-0.3, -0.25) is 0 Å². The maximum absolute atomic E-state index is 6.35. The van der Waals surface area contributed by atoms with E-state index in [0.29, 0.717) is 0 Å². The molecule has 2 aromatic rings. The second-order valence-corrected chi connectivity index (χ2v) is 5.85. The minimum absolute atomic E-state index is 0.180. The fraction of sp³-hybridized carbons (Fsp3) is 0.368. The average molecular weight is 265 g/mol.